The van der Waals surface area contributed by atoms with E-state index in [0.29, 0.717) is 23.4 Å². The quantitative estimate of drug-likeness (QED) is 0.329. The molecule has 4 nitrogen and oxygen atoms in total. The molecule has 41 heavy (non-hydrogen) atoms. The molecule has 1 N–H and O–H groups in total. The van der Waals surface area contributed by atoms with Crippen LogP contribution in [0, 0.1) is 17.3 Å². The number of likely N-dealkylation sites (tertiary alicyclic amines) is 1. The van der Waals surface area contributed by atoms with E-state index in [4.69, 9.17) is 36.9 Å². The van der Waals surface area contributed by atoms with Crippen LogP contribution in [0.25, 0.3) is 11.0 Å². The first kappa shape index (κ1) is 29.6. The molecule has 1 aromatic heterocycles. The van der Waals surface area contributed by atoms with Crippen LogP contribution in [0.1, 0.15) is 49.8 Å². The molecule has 0 bridgehead atoms. The van der Waals surface area contributed by atoms with E-state index in [0.717, 1.165) is 49.5 Å². The van der Waals surface area contributed by atoms with Crippen molar-refractivity contribution in [3.05, 3.63) is 65.1 Å². The van der Waals surface area contributed by atoms with Crippen LogP contribution in [0.4, 0.5) is 13.2 Å². The number of alkyl halides is 3. The van der Waals surface area contributed by atoms with Crippen molar-refractivity contribution < 1.29 is 13.2 Å². The number of thiol groups is 2. The molecular formula is C29H36B2ClF3N4S2. The second kappa shape index (κ2) is 10.1. The molecule has 0 amide bonds. The van der Waals surface area contributed by atoms with Crippen molar-refractivity contribution in [3.63, 3.8) is 0 Å². The Labute approximate surface area is 257 Å². The molecule has 4 atom stereocenters. The third kappa shape index (κ3) is 4.91. The summed E-state index contributed by atoms with van der Waals surface area (Å²) in [7, 11) is 4.00. The lowest BCUT2D eigenvalue weighted by atomic mass is 9.63. The Kier molecular flexibility index (Phi) is 7.28. The summed E-state index contributed by atoms with van der Waals surface area (Å²) in [5.74, 6) is 0.769. The molecule has 4 aliphatic rings. The van der Waals surface area contributed by atoms with Gasteiger partial charge in [0.2, 0.25) is 0 Å². The molecule has 1 aromatic carbocycles. The summed E-state index contributed by atoms with van der Waals surface area (Å²) in [5.41, 5.74) is 1.47. The Bertz CT molecular complexity index is 1440. The molecule has 1 saturated carbocycles. The highest BCUT2D eigenvalue weighted by Crippen LogP contribution is 2.53. The summed E-state index contributed by atoms with van der Waals surface area (Å²) < 4.78 is 43.4. The topological polar surface area (TPSA) is 33.1 Å². The van der Waals surface area contributed by atoms with Crippen molar-refractivity contribution in [1.29, 1.82) is 0 Å². The number of rotatable bonds is 5. The molecule has 0 radical (unpaired) electrons. The monoisotopic (exact) mass is 618 g/mol. The number of imidazole rings is 1. The van der Waals surface area contributed by atoms with Crippen molar-refractivity contribution in [2.75, 3.05) is 13.1 Å². The molecule has 3 fully saturated rings. The molecule has 3 heterocycles. The lowest BCUT2D eigenvalue weighted by molar-refractivity contribution is -0.136. The number of benzene rings is 1. The van der Waals surface area contributed by atoms with Crippen LogP contribution in [0.15, 0.2) is 54.0 Å². The summed E-state index contributed by atoms with van der Waals surface area (Å²) in [5, 5.41) is 4.32. The maximum atomic E-state index is 14.4. The van der Waals surface area contributed by atoms with Gasteiger partial charge in [-0.15, -0.1) is 0 Å². The van der Waals surface area contributed by atoms with Crippen molar-refractivity contribution in [2.24, 2.45) is 17.3 Å². The second-order valence-corrected chi connectivity index (χ2v) is 15.4. The van der Waals surface area contributed by atoms with Gasteiger partial charge in [-0.25, -0.2) is 4.98 Å². The number of piperidine rings is 1. The zero-order valence-electron chi connectivity index (χ0n) is 23.7. The number of hydrogen-bond acceptors (Lipinski definition) is 5. The van der Waals surface area contributed by atoms with Crippen LogP contribution in [-0.2, 0) is 12.6 Å². The maximum absolute atomic E-state index is 14.4. The fourth-order valence-corrected chi connectivity index (χ4v) is 8.44. The maximum Gasteiger partial charge on any atom is 0.418 e. The van der Waals surface area contributed by atoms with Crippen LogP contribution in [0.2, 0.25) is 0 Å². The van der Waals surface area contributed by atoms with E-state index in [1.54, 1.807) is 17.0 Å². The van der Waals surface area contributed by atoms with Gasteiger partial charge in [0.1, 0.15) is 15.7 Å². The number of hydrogen-bond donors (Lipinski definition) is 3. The van der Waals surface area contributed by atoms with Crippen LogP contribution >= 0.6 is 36.9 Å². The van der Waals surface area contributed by atoms with Crippen molar-refractivity contribution in [3.8, 4) is 0 Å². The summed E-state index contributed by atoms with van der Waals surface area (Å²) >= 11 is 16.6. The van der Waals surface area contributed by atoms with Crippen LogP contribution in [0.5, 0.6) is 0 Å². The Morgan fingerprint density at radius 2 is 1.88 bits per heavy atom. The van der Waals surface area contributed by atoms with Gasteiger partial charge in [-0.3, -0.25) is 4.90 Å². The molecule has 4 unspecified atom stereocenters. The average molecular weight is 619 g/mol. The van der Waals surface area contributed by atoms with Gasteiger partial charge in [0, 0.05) is 37.5 Å². The van der Waals surface area contributed by atoms with Crippen LogP contribution in [0.3, 0.4) is 0 Å². The van der Waals surface area contributed by atoms with E-state index in [-0.39, 0.29) is 28.9 Å². The smallest absolute Gasteiger partial charge is 0.381 e. The van der Waals surface area contributed by atoms with E-state index in [2.05, 4.69) is 40.9 Å². The van der Waals surface area contributed by atoms with Gasteiger partial charge in [-0.05, 0) is 74.9 Å². The van der Waals surface area contributed by atoms with Crippen molar-refractivity contribution in [2.45, 2.75) is 66.7 Å². The number of nitrogens with zero attached hydrogens (tertiary/aromatic N) is 3. The summed E-state index contributed by atoms with van der Waals surface area (Å²) in [6.07, 6.45) is 7.13. The van der Waals surface area contributed by atoms with Crippen LogP contribution < -0.4 is 5.32 Å². The predicted octanol–water partition coefficient (Wildman–Crippen LogP) is 4.92. The van der Waals surface area contributed by atoms with Gasteiger partial charge in [0.25, 0.3) is 0 Å². The molecule has 12 heteroatoms. The predicted molar refractivity (Wildman–Crippen MR) is 172 cm³/mol. The summed E-state index contributed by atoms with van der Waals surface area (Å²) in [6, 6.07) is 3.36. The number of allylic oxidation sites excluding steroid dienone is 3. The summed E-state index contributed by atoms with van der Waals surface area (Å²) in [6.45, 7) is 8.05. The first-order valence-corrected chi connectivity index (χ1v) is 15.7. The number of fused-ring (bicyclic) bond motifs is 3. The second-order valence-electron chi connectivity index (χ2n) is 13.1. The highest BCUT2D eigenvalue weighted by Gasteiger charge is 2.54. The largest absolute Gasteiger partial charge is 0.418 e. The van der Waals surface area contributed by atoms with E-state index in [1.165, 1.54) is 6.07 Å². The van der Waals surface area contributed by atoms with Gasteiger partial charge < -0.3 is 9.88 Å². The number of nitrogens with one attached hydrogen (secondary N) is 1. The molecule has 6 rings (SSSR count). The molecule has 218 valence electrons. The molecule has 2 aliphatic carbocycles. The van der Waals surface area contributed by atoms with E-state index >= 15 is 0 Å². The van der Waals surface area contributed by atoms with Gasteiger partial charge in [-0.1, -0.05) is 37.3 Å². The third-order valence-electron chi connectivity index (χ3n) is 10.4. The highest BCUT2D eigenvalue weighted by atomic mass is 35.5. The van der Waals surface area contributed by atoms with Crippen molar-refractivity contribution >= 4 is 63.6 Å². The number of halogens is 4. The molecular weight excluding hydrogens is 583 g/mol. The van der Waals surface area contributed by atoms with E-state index in [9.17, 15) is 13.2 Å². The first-order valence-electron chi connectivity index (χ1n) is 14.4. The van der Waals surface area contributed by atoms with Crippen molar-refractivity contribution in [1.82, 2.24) is 19.8 Å². The molecule has 2 saturated heterocycles. The van der Waals surface area contributed by atoms with E-state index < -0.39 is 21.2 Å². The Hall–Kier alpha value is -1.42. The molecule has 2 aliphatic heterocycles. The van der Waals surface area contributed by atoms with Gasteiger partial charge in [0.05, 0.1) is 29.0 Å². The summed E-state index contributed by atoms with van der Waals surface area (Å²) in [4.78, 5) is 6.74. The highest BCUT2D eigenvalue weighted by molar-refractivity contribution is 7.88. The zero-order valence-corrected chi connectivity index (χ0v) is 26.2. The lowest BCUT2D eigenvalue weighted by Gasteiger charge is -2.53. The van der Waals surface area contributed by atoms with Crippen LogP contribution in [-0.4, -0.2) is 58.7 Å². The number of aromatic nitrogens is 2. The standard InChI is InChI=1S/C29H36B2ClF3N4S2/c1-16-9-20(10-16)39-15-36-24-12-18(11-22(25(24)39)28(33,34)35)14-27(30,40)29(31,41)38-7-5-26(6-8-38)17(2)37-23-4-3-19(32)13-21(23)26/h3-4,11-13,15-16,20-21,23,37,40-41H,2,5-10,14,30-31H2,1H3. The minimum absolute atomic E-state index is 0.0674. The Balaban J connectivity index is 1.24. The lowest BCUT2D eigenvalue weighted by Crippen LogP contribution is -2.63. The average Bonchev–Trinajstić information content (AvgIpc) is 3.40. The Morgan fingerprint density at radius 1 is 1.20 bits per heavy atom. The normalized spacial score (nSPS) is 30.8. The van der Waals surface area contributed by atoms with Gasteiger partial charge >= 0.3 is 6.18 Å². The zero-order chi connectivity index (χ0) is 29.5. The first-order chi connectivity index (χ1) is 19.1. The Morgan fingerprint density at radius 3 is 2.51 bits per heavy atom. The SMILES string of the molecule is BC(S)(Cc1cc(C(F)(F)F)c2c(c1)ncn2C1CC(C)C1)C(B)(S)N1CCC2(CC1)C(=C)NC1C=CC(Cl)=CC12. The molecule has 1 spiro atoms. The fourth-order valence-electron chi connectivity index (χ4n) is 7.63. The van der Waals surface area contributed by atoms with Gasteiger partial charge in [-0.2, -0.15) is 38.4 Å². The minimum Gasteiger partial charge on any atom is -0.381 e. The third-order valence-corrected chi connectivity index (χ3v) is 12.2. The van der Waals surface area contributed by atoms with E-state index in [1.807, 2.05) is 21.8 Å². The minimum atomic E-state index is -4.49. The fraction of sp³-hybridized carbons (Fsp3) is 0.552. The molecule has 2 aromatic rings. The van der Waals surface area contributed by atoms with Gasteiger partial charge in [0.15, 0.2) is 0 Å².